The van der Waals surface area contributed by atoms with Gasteiger partial charge in [-0.15, -0.1) is 0 Å². The lowest BCUT2D eigenvalue weighted by Crippen LogP contribution is -2.08. The van der Waals surface area contributed by atoms with Crippen molar-refractivity contribution in [2.45, 2.75) is 39.7 Å². The van der Waals surface area contributed by atoms with Crippen LogP contribution in [0.4, 0.5) is 5.69 Å². The number of carbonyl (C=O) groups excluding carboxylic acids is 1. The summed E-state index contributed by atoms with van der Waals surface area (Å²) in [6.07, 6.45) is 5.04. The molecule has 2 N–H and O–H groups in total. The fourth-order valence-electron chi connectivity index (χ4n) is 3.08. The number of carbonyl (C=O) groups is 2. The summed E-state index contributed by atoms with van der Waals surface area (Å²) < 4.78 is 5.20. The third-order valence-corrected chi connectivity index (χ3v) is 4.43. The molecule has 2 rings (SSSR count). The average molecular weight is 329 g/mol. The lowest BCUT2D eigenvalue weighted by atomic mass is 9.89. The van der Waals surface area contributed by atoms with E-state index in [0.29, 0.717) is 25.0 Å². The van der Waals surface area contributed by atoms with Crippen LogP contribution in [0.25, 0.3) is 6.08 Å². The summed E-state index contributed by atoms with van der Waals surface area (Å²) in [7, 11) is 1.79. The van der Waals surface area contributed by atoms with E-state index in [1.165, 1.54) is 0 Å². The number of rotatable bonds is 7. The molecule has 0 bridgehead atoms. The summed E-state index contributed by atoms with van der Waals surface area (Å²) in [4.78, 5) is 22.8. The maximum absolute atomic E-state index is 12.1. The molecule has 0 saturated heterocycles. The normalized spacial score (nSPS) is 13.5. The number of benzene rings is 1. The predicted molar refractivity (Wildman–Crippen MR) is 94.3 cm³/mol. The molecule has 0 atom stereocenters. The summed E-state index contributed by atoms with van der Waals surface area (Å²) in [5, 5.41) is 11.9. The molecule has 0 radical (unpaired) electrons. The smallest absolute Gasteiger partial charge is 0.341 e. The molecular formula is C19H23NO4. The quantitative estimate of drug-likeness (QED) is 0.589. The second-order valence-corrected chi connectivity index (χ2v) is 5.92. The van der Waals surface area contributed by atoms with E-state index in [0.717, 1.165) is 33.5 Å². The maximum Gasteiger partial charge on any atom is 0.341 e. The molecule has 0 amide bonds. The highest BCUT2D eigenvalue weighted by molar-refractivity contribution is 6.01. The number of esters is 1. The van der Waals surface area contributed by atoms with Crippen molar-refractivity contribution in [2.24, 2.45) is 0 Å². The van der Waals surface area contributed by atoms with Gasteiger partial charge in [0.05, 0.1) is 11.3 Å². The van der Waals surface area contributed by atoms with Crippen LogP contribution in [0.5, 0.6) is 0 Å². The lowest BCUT2D eigenvalue weighted by molar-refractivity contribution is -0.136. The van der Waals surface area contributed by atoms with Crippen LogP contribution >= 0.6 is 0 Å². The highest BCUT2D eigenvalue weighted by atomic mass is 16.5. The van der Waals surface area contributed by atoms with E-state index in [1.54, 1.807) is 13.1 Å². The van der Waals surface area contributed by atoms with E-state index in [9.17, 15) is 9.59 Å². The molecule has 1 heterocycles. The SMILES string of the molecule is C=Cc1c(C)c2c(c(NC)c1C/C=C(\C)CCC(=O)O)C(=O)OC2. The zero-order valence-corrected chi connectivity index (χ0v) is 14.4. The minimum absolute atomic E-state index is 0.116. The number of nitrogens with one attached hydrogen (secondary N) is 1. The summed E-state index contributed by atoms with van der Waals surface area (Å²) in [6.45, 7) is 8.10. The summed E-state index contributed by atoms with van der Waals surface area (Å²) in [5.41, 5.74) is 6.29. The fourth-order valence-corrected chi connectivity index (χ4v) is 3.08. The van der Waals surface area contributed by atoms with Gasteiger partial charge >= 0.3 is 11.9 Å². The molecule has 1 aromatic carbocycles. The third kappa shape index (κ3) is 3.35. The van der Waals surface area contributed by atoms with Gasteiger partial charge in [0.15, 0.2) is 0 Å². The van der Waals surface area contributed by atoms with Crippen molar-refractivity contribution in [3.05, 3.63) is 46.0 Å². The zero-order chi connectivity index (χ0) is 17.9. The molecule has 0 spiro atoms. The first-order valence-corrected chi connectivity index (χ1v) is 7.93. The van der Waals surface area contributed by atoms with Crippen molar-refractivity contribution in [2.75, 3.05) is 12.4 Å². The first-order valence-electron chi connectivity index (χ1n) is 7.93. The third-order valence-electron chi connectivity index (χ3n) is 4.43. The Bertz CT molecular complexity index is 732. The molecule has 0 aliphatic carbocycles. The Morgan fingerprint density at radius 1 is 1.42 bits per heavy atom. The highest BCUT2D eigenvalue weighted by Crippen LogP contribution is 2.37. The molecule has 0 aromatic heterocycles. The minimum atomic E-state index is -0.804. The van der Waals surface area contributed by atoms with Crippen LogP contribution < -0.4 is 5.32 Å². The average Bonchev–Trinajstić information content (AvgIpc) is 2.93. The van der Waals surface area contributed by atoms with E-state index >= 15 is 0 Å². The molecule has 5 heteroatoms. The van der Waals surface area contributed by atoms with Crippen LogP contribution in [0.3, 0.4) is 0 Å². The van der Waals surface area contributed by atoms with Gasteiger partial charge in [-0.25, -0.2) is 4.79 Å². The molecule has 5 nitrogen and oxygen atoms in total. The predicted octanol–water partition coefficient (Wildman–Crippen LogP) is 3.70. The van der Waals surface area contributed by atoms with Gasteiger partial charge in [-0.1, -0.05) is 24.3 Å². The van der Waals surface area contributed by atoms with Crippen molar-refractivity contribution < 1.29 is 19.4 Å². The van der Waals surface area contributed by atoms with Crippen molar-refractivity contribution in [1.82, 2.24) is 0 Å². The van der Waals surface area contributed by atoms with Crippen molar-refractivity contribution in [3.8, 4) is 0 Å². The van der Waals surface area contributed by atoms with Gasteiger partial charge < -0.3 is 15.2 Å². The second kappa shape index (κ2) is 7.34. The molecular weight excluding hydrogens is 306 g/mol. The number of fused-ring (bicyclic) bond motifs is 1. The number of carboxylic acid groups (broad SMARTS) is 1. The van der Waals surface area contributed by atoms with Crippen molar-refractivity contribution in [1.29, 1.82) is 0 Å². The van der Waals surface area contributed by atoms with Crippen molar-refractivity contribution in [3.63, 3.8) is 0 Å². The first kappa shape index (κ1) is 17.8. The number of anilines is 1. The maximum atomic E-state index is 12.1. The van der Waals surface area contributed by atoms with Crippen LogP contribution in [0, 0.1) is 6.92 Å². The fraction of sp³-hybridized carbons (Fsp3) is 0.368. The van der Waals surface area contributed by atoms with Gasteiger partial charge in [-0.05, 0) is 43.4 Å². The zero-order valence-electron chi connectivity index (χ0n) is 14.4. The standard InChI is InChI=1S/C19H23NO4/c1-5-13-12(3)15-10-24-19(23)17(15)18(20-4)14(13)8-6-11(2)7-9-16(21)22/h5-6,20H,1,7-10H2,2-4H3,(H,21,22)/b11-6+. The van der Waals surface area contributed by atoms with Gasteiger partial charge in [-0.2, -0.15) is 0 Å². The van der Waals surface area contributed by atoms with Crippen LogP contribution in [0.2, 0.25) is 0 Å². The molecule has 0 saturated carbocycles. The number of ether oxygens (including phenoxy) is 1. The molecule has 1 aliphatic rings. The highest BCUT2D eigenvalue weighted by Gasteiger charge is 2.30. The topological polar surface area (TPSA) is 75.6 Å². The Kier molecular flexibility index (Phi) is 5.44. The lowest BCUT2D eigenvalue weighted by Gasteiger charge is -2.18. The van der Waals surface area contributed by atoms with Crippen LogP contribution in [0.15, 0.2) is 18.2 Å². The van der Waals surface area contributed by atoms with Gasteiger partial charge in [-0.3, -0.25) is 4.79 Å². The van der Waals surface area contributed by atoms with E-state index in [-0.39, 0.29) is 12.4 Å². The van der Waals surface area contributed by atoms with E-state index in [4.69, 9.17) is 9.84 Å². The molecule has 128 valence electrons. The Labute approximate surface area is 142 Å². The number of cyclic esters (lactones) is 1. The second-order valence-electron chi connectivity index (χ2n) is 5.92. The first-order chi connectivity index (χ1) is 11.4. The molecule has 1 aromatic rings. The van der Waals surface area contributed by atoms with E-state index in [2.05, 4.69) is 11.9 Å². The molecule has 0 fully saturated rings. The summed E-state index contributed by atoms with van der Waals surface area (Å²) >= 11 is 0. The molecule has 1 aliphatic heterocycles. The van der Waals surface area contributed by atoms with Gasteiger partial charge in [0.2, 0.25) is 0 Å². The van der Waals surface area contributed by atoms with Crippen LogP contribution in [0.1, 0.15) is 52.4 Å². The monoisotopic (exact) mass is 329 g/mol. The number of hydrogen-bond acceptors (Lipinski definition) is 4. The number of carboxylic acids is 1. The Hall–Kier alpha value is -2.56. The Morgan fingerprint density at radius 3 is 2.71 bits per heavy atom. The van der Waals surface area contributed by atoms with Crippen LogP contribution in [-0.4, -0.2) is 24.1 Å². The number of aliphatic carboxylic acids is 1. The van der Waals surface area contributed by atoms with Gasteiger partial charge in [0.25, 0.3) is 0 Å². The Morgan fingerprint density at radius 2 is 2.12 bits per heavy atom. The minimum Gasteiger partial charge on any atom is -0.481 e. The largest absolute Gasteiger partial charge is 0.481 e. The molecule has 24 heavy (non-hydrogen) atoms. The van der Waals surface area contributed by atoms with Crippen LogP contribution in [-0.2, 0) is 22.6 Å². The van der Waals surface area contributed by atoms with Crippen molar-refractivity contribution >= 4 is 23.7 Å². The number of hydrogen-bond donors (Lipinski definition) is 2. The number of allylic oxidation sites excluding steroid dienone is 2. The van der Waals surface area contributed by atoms with Gasteiger partial charge in [0, 0.05) is 19.0 Å². The Balaban J connectivity index is 2.45. The van der Waals surface area contributed by atoms with E-state index in [1.807, 2.05) is 19.9 Å². The van der Waals surface area contributed by atoms with E-state index < -0.39 is 5.97 Å². The van der Waals surface area contributed by atoms with Gasteiger partial charge in [0.1, 0.15) is 6.61 Å². The molecule has 0 unspecified atom stereocenters. The summed E-state index contributed by atoms with van der Waals surface area (Å²) in [5.74, 6) is -1.11. The summed E-state index contributed by atoms with van der Waals surface area (Å²) in [6, 6.07) is 0.